The second kappa shape index (κ2) is 7.55. The molecule has 166 valence electrons. The third kappa shape index (κ3) is 3.55. The van der Waals surface area contributed by atoms with Crippen molar-refractivity contribution in [2.45, 2.75) is 75.5 Å². The van der Waals surface area contributed by atoms with E-state index in [0.717, 1.165) is 37.1 Å². The number of tetrazole rings is 1. The number of ether oxygens (including phenoxy) is 1. The van der Waals surface area contributed by atoms with Crippen LogP contribution in [-0.4, -0.2) is 50.8 Å². The molecule has 4 bridgehead atoms. The molecule has 5 fully saturated rings. The van der Waals surface area contributed by atoms with Gasteiger partial charge in [0.2, 0.25) is 0 Å². The highest BCUT2D eigenvalue weighted by Gasteiger charge is 2.59. The molecule has 4 saturated carbocycles. The molecule has 0 amide bonds. The molecule has 7 rings (SSSR count). The summed E-state index contributed by atoms with van der Waals surface area (Å²) < 4.78 is 5.67. The van der Waals surface area contributed by atoms with Gasteiger partial charge in [0.05, 0.1) is 12.6 Å². The Hall–Kier alpha value is -1.99. The molecule has 7 heteroatoms. The maximum atomic E-state index is 5.67. The molecule has 5 aliphatic rings. The lowest BCUT2D eigenvalue weighted by Gasteiger charge is -2.61. The van der Waals surface area contributed by atoms with Gasteiger partial charge in [0, 0.05) is 24.2 Å². The van der Waals surface area contributed by atoms with E-state index < -0.39 is 0 Å². The van der Waals surface area contributed by atoms with Crippen molar-refractivity contribution in [2.75, 3.05) is 20.2 Å². The van der Waals surface area contributed by atoms with Crippen molar-refractivity contribution in [1.29, 1.82) is 0 Å². The lowest BCUT2D eigenvalue weighted by Crippen LogP contribution is -2.65. The lowest BCUT2D eigenvalue weighted by atomic mass is 9.50. The Bertz CT molecular complexity index is 908. The zero-order valence-electron chi connectivity index (χ0n) is 18.6. The Morgan fingerprint density at radius 1 is 1.13 bits per heavy atom. The van der Waals surface area contributed by atoms with E-state index in [1.165, 1.54) is 69.2 Å². The monoisotopic (exact) mass is 422 g/mol. The molecule has 2 atom stereocenters. The first-order chi connectivity index (χ1) is 15.2. The number of nitrogens with one attached hydrogen (secondary N) is 1. The average Bonchev–Trinajstić information content (AvgIpc) is 3.46. The van der Waals surface area contributed by atoms with E-state index in [1.807, 2.05) is 4.80 Å². The first-order valence-corrected chi connectivity index (χ1v) is 12.0. The fourth-order valence-corrected chi connectivity index (χ4v) is 7.58. The summed E-state index contributed by atoms with van der Waals surface area (Å²) >= 11 is 0. The molecule has 1 saturated heterocycles. The van der Waals surface area contributed by atoms with Crippen LogP contribution in [0.25, 0.3) is 0 Å². The number of rotatable bonds is 7. The summed E-state index contributed by atoms with van der Waals surface area (Å²) in [6, 6.07) is 6.75. The first-order valence-electron chi connectivity index (χ1n) is 12.0. The van der Waals surface area contributed by atoms with Gasteiger partial charge in [0.25, 0.3) is 0 Å². The van der Waals surface area contributed by atoms with Crippen molar-refractivity contribution in [2.24, 2.45) is 11.8 Å². The van der Waals surface area contributed by atoms with Crippen molar-refractivity contribution in [1.82, 2.24) is 30.4 Å². The van der Waals surface area contributed by atoms with Crippen LogP contribution >= 0.6 is 0 Å². The van der Waals surface area contributed by atoms with Crippen LogP contribution in [0.3, 0.4) is 0 Å². The summed E-state index contributed by atoms with van der Waals surface area (Å²) in [6.45, 7) is 4.32. The molecular weight excluding hydrogens is 388 g/mol. The molecular formula is C24H34N6O. The predicted molar refractivity (Wildman–Crippen MR) is 118 cm³/mol. The van der Waals surface area contributed by atoms with Crippen molar-refractivity contribution in [3.05, 3.63) is 35.7 Å². The van der Waals surface area contributed by atoms with Gasteiger partial charge in [-0.3, -0.25) is 4.90 Å². The normalized spacial score (nSPS) is 34.5. The highest BCUT2D eigenvalue weighted by molar-refractivity contribution is 5.37. The molecule has 31 heavy (non-hydrogen) atoms. The maximum Gasteiger partial charge on any atom is 0.162 e. The van der Waals surface area contributed by atoms with Gasteiger partial charge in [-0.25, -0.2) is 0 Å². The van der Waals surface area contributed by atoms with E-state index >= 15 is 0 Å². The molecule has 0 spiro atoms. The fraction of sp³-hybridized carbons (Fsp3) is 0.708. The Morgan fingerprint density at radius 3 is 2.65 bits per heavy atom. The van der Waals surface area contributed by atoms with Crippen molar-refractivity contribution in [3.8, 4) is 5.75 Å². The minimum atomic E-state index is 0.0639. The fourth-order valence-electron chi connectivity index (χ4n) is 7.58. The molecule has 0 radical (unpaired) electrons. The largest absolute Gasteiger partial charge is 0.496 e. The Morgan fingerprint density at radius 2 is 1.94 bits per heavy atom. The third-order valence-corrected chi connectivity index (χ3v) is 8.41. The van der Waals surface area contributed by atoms with Crippen LogP contribution in [0.2, 0.25) is 0 Å². The molecule has 2 heterocycles. The van der Waals surface area contributed by atoms with Crippen LogP contribution in [0, 0.1) is 11.8 Å². The zero-order chi connectivity index (χ0) is 20.9. The van der Waals surface area contributed by atoms with E-state index in [4.69, 9.17) is 4.74 Å². The zero-order valence-corrected chi connectivity index (χ0v) is 18.6. The Balaban J connectivity index is 1.20. The second-order valence-electron chi connectivity index (χ2n) is 10.7. The van der Waals surface area contributed by atoms with Gasteiger partial charge in [-0.2, -0.15) is 4.80 Å². The summed E-state index contributed by atoms with van der Waals surface area (Å²) in [5.41, 5.74) is 2.94. The summed E-state index contributed by atoms with van der Waals surface area (Å²) in [4.78, 5) is 4.49. The number of aromatic nitrogens is 4. The highest BCUT2D eigenvalue weighted by atomic mass is 16.5. The molecule has 1 aromatic carbocycles. The van der Waals surface area contributed by atoms with Gasteiger partial charge in [-0.1, -0.05) is 6.07 Å². The topological polar surface area (TPSA) is 68.1 Å². The molecule has 2 unspecified atom stereocenters. The summed E-state index contributed by atoms with van der Waals surface area (Å²) in [5, 5.41) is 16.9. The van der Waals surface area contributed by atoms with Gasteiger partial charge < -0.3 is 10.1 Å². The van der Waals surface area contributed by atoms with E-state index in [9.17, 15) is 0 Å². The van der Waals surface area contributed by atoms with Crippen LogP contribution in [0.15, 0.2) is 24.5 Å². The minimum Gasteiger partial charge on any atom is -0.496 e. The molecule has 7 nitrogen and oxygen atoms in total. The van der Waals surface area contributed by atoms with Gasteiger partial charge >= 0.3 is 0 Å². The van der Waals surface area contributed by atoms with E-state index in [0.29, 0.717) is 0 Å². The molecule has 1 aromatic heterocycles. The molecule has 1 N–H and O–H groups in total. The van der Waals surface area contributed by atoms with E-state index in [2.05, 4.69) is 43.8 Å². The van der Waals surface area contributed by atoms with Gasteiger partial charge in [-0.05, 0) is 99.2 Å². The number of likely N-dealkylation sites (tertiary alicyclic amines) is 1. The Labute approximate surface area is 184 Å². The van der Waals surface area contributed by atoms with Crippen molar-refractivity contribution >= 4 is 0 Å². The smallest absolute Gasteiger partial charge is 0.162 e. The number of benzene rings is 1. The standard InChI is InChI=1S/C24H34N6O/c1-31-22-5-4-18(9-21(22)15-29-6-2-3-7-29)14-25-23-10-19-8-20(11-23)13-24(12-19,16-23)30-27-17-26-28-30/h4-5,9,17,19-20,25H,2-3,6-8,10-16H2,1H3. The molecule has 2 aromatic rings. The summed E-state index contributed by atoms with van der Waals surface area (Å²) in [5.74, 6) is 2.57. The SMILES string of the molecule is COc1ccc(CNC23CC4CC(C2)CC(n2ncnn2)(C4)C3)cc1CN1CCCC1. The van der Waals surface area contributed by atoms with Gasteiger partial charge in [-0.15, -0.1) is 10.2 Å². The molecule has 1 aliphatic heterocycles. The number of hydrogen-bond donors (Lipinski definition) is 1. The van der Waals surface area contributed by atoms with Crippen LogP contribution in [0.1, 0.15) is 62.5 Å². The summed E-state index contributed by atoms with van der Waals surface area (Å²) in [7, 11) is 1.79. The van der Waals surface area contributed by atoms with Gasteiger partial charge in [0.15, 0.2) is 6.33 Å². The lowest BCUT2D eigenvalue weighted by molar-refractivity contribution is -0.0853. The predicted octanol–water partition coefficient (Wildman–Crippen LogP) is 3.12. The third-order valence-electron chi connectivity index (χ3n) is 8.41. The first kappa shape index (κ1) is 19.7. The second-order valence-corrected chi connectivity index (χ2v) is 10.7. The summed E-state index contributed by atoms with van der Waals surface area (Å²) in [6.07, 6.45) is 11.7. The number of methoxy groups -OCH3 is 1. The quantitative estimate of drug-likeness (QED) is 0.740. The Kier molecular flexibility index (Phi) is 4.79. The van der Waals surface area contributed by atoms with E-state index in [1.54, 1.807) is 13.4 Å². The maximum absolute atomic E-state index is 5.67. The van der Waals surface area contributed by atoms with E-state index in [-0.39, 0.29) is 11.1 Å². The minimum absolute atomic E-state index is 0.0639. The van der Waals surface area contributed by atoms with Crippen LogP contribution < -0.4 is 10.1 Å². The van der Waals surface area contributed by atoms with Crippen molar-refractivity contribution < 1.29 is 4.74 Å². The van der Waals surface area contributed by atoms with Crippen LogP contribution in [0.4, 0.5) is 0 Å². The number of hydrogen-bond acceptors (Lipinski definition) is 6. The molecule has 4 aliphatic carbocycles. The average molecular weight is 423 g/mol. The highest BCUT2D eigenvalue weighted by Crippen LogP contribution is 2.60. The van der Waals surface area contributed by atoms with Crippen LogP contribution in [0.5, 0.6) is 5.75 Å². The number of nitrogens with zero attached hydrogens (tertiary/aromatic N) is 5. The van der Waals surface area contributed by atoms with Gasteiger partial charge in [0.1, 0.15) is 5.75 Å². The van der Waals surface area contributed by atoms with Crippen molar-refractivity contribution in [3.63, 3.8) is 0 Å². The van der Waals surface area contributed by atoms with Crippen LogP contribution in [-0.2, 0) is 18.6 Å².